The Kier molecular flexibility index (Phi) is 3.96. The van der Waals surface area contributed by atoms with E-state index in [9.17, 15) is 5.11 Å². The minimum absolute atomic E-state index is 0.266. The third kappa shape index (κ3) is 2.88. The van der Waals surface area contributed by atoms with Crippen LogP contribution in [0.25, 0.3) is 10.9 Å². The van der Waals surface area contributed by atoms with Gasteiger partial charge < -0.3 is 20.3 Å². The molecule has 18 heavy (non-hydrogen) atoms. The molecule has 2 rings (SSSR count). The van der Waals surface area contributed by atoms with Gasteiger partial charge in [-0.25, -0.2) is 4.98 Å². The standard InChI is InChI=1S/C13H16N2O3/c1-18-11-3-4-12-9(6-11)2-5-13(15-12)14-7-10(17)8-16/h2-6,10,16-17H,7-8H2,1H3,(H,14,15). The van der Waals surface area contributed by atoms with E-state index in [1.54, 1.807) is 7.11 Å². The fourth-order valence-electron chi connectivity index (χ4n) is 1.62. The van der Waals surface area contributed by atoms with Crippen molar-refractivity contribution < 1.29 is 14.9 Å². The number of aliphatic hydroxyl groups is 2. The van der Waals surface area contributed by atoms with Crippen LogP contribution in [0.3, 0.4) is 0 Å². The Bertz CT molecular complexity index is 531. The third-order valence-corrected chi connectivity index (χ3v) is 2.63. The molecule has 0 radical (unpaired) electrons. The second-order valence-electron chi connectivity index (χ2n) is 3.97. The van der Waals surface area contributed by atoms with Crippen molar-refractivity contribution in [3.63, 3.8) is 0 Å². The molecule has 1 atom stereocenters. The van der Waals surface area contributed by atoms with Crippen LogP contribution >= 0.6 is 0 Å². The maximum Gasteiger partial charge on any atom is 0.126 e. The Morgan fingerprint density at radius 2 is 2.17 bits per heavy atom. The smallest absolute Gasteiger partial charge is 0.126 e. The van der Waals surface area contributed by atoms with Crippen molar-refractivity contribution in [2.24, 2.45) is 0 Å². The topological polar surface area (TPSA) is 74.6 Å². The van der Waals surface area contributed by atoms with Crippen molar-refractivity contribution >= 4 is 16.7 Å². The van der Waals surface area contributed by atoms with Crippen molar-refractivity contribution in [1.29, 1.82) is 0 Å². The maximum absolute atomic E-state index is 9.24. The van der Waals surface area contributed by atoms with E-state index in [0.29, 0.717) is 5.82 Å². The summed E-state index contributed by atoms with van der Waals surface area (Å²) in [5.41, 5.74) is 0.847. The molecule has 1 heterocycles. The van der Waals surface area contributed by atoms with Crippen LogP contribution in [0.1, 0.15) is 0 Å². The number of hydrogen-bond donors (Lipinski definition) is 3. The molecule has 2 aromatic rings. The lowest BCUT2D eigenvalue weighted by Crippen LogP contribution is -2.23. The summed E-state index contributed by atoms with van der Waals surface area (Å²) in [5.74, 6) is 1.46. The summed E-state index contributed by atoms with van der Waals surface area (Å²) in [6.07, 6.45) is -0.779. The lowest BCUT2D eigenvalue weighted by molar-refractivity contribution is 0.105. The molecule has 3 N–H and O–H groups in total. The van der Waals surface area contributed by atoms with E-state index in [4.69, 9.17) is 9.84 Å². The molecular weight excluding hydrogens is 232 g/mol. The normalized spacial score (nSPS) is 12.4. The molecule has 0 aliphatic carbocycles. The average Bonchev–Trinajstić information content (AvgIpc) is 2.43. The molecular formula is C13H16N2O3. The van der Waals surface area contributed by atoms with Crippen molar-refractivity contribution in [3.8, 4) is 5.75 Å². The number of anilines is 1. The third-order valence-electron chi connectivity index (χ3n) is 2.63. The zero-order chi connectivity index (χ0) is 13.0. The minimum atomic E-state index is -0.779. The van der Waals surface area contributed by atoms with Gasteiger partial charge in [0.05, 0.1) is 25.3 Å². The number of nitrogens with one attached hydrogen (secondary N) is 1. The van der Waals surface area contributed by atoms with E-state index in [-0.39, 0.29) is 13.2 Å². The number of ether oxygens (including phenoxy) is 1. The first-order valence-electron chi connectivity index (χ1n) is 5.70. The van der Waals surface area contributed by atoms with Crippen LogP contribution in [-0.4, -0.2) is 41.6 Å². The number of aliphatic hydroxyl groups excluding tert-OH is 2. The molecule has 1 aromatic heterocycles. The predicted molar refractivity (Wildman–Crippen MR) is 69.9 cm³/mol. The summed E-state index contributed by atoms with van der Waals surface area (Å²) >= 11 is 0. The van der Waals surface area contributed by atoms with E-state index < -0.39 is 6.10 Å². The number of nitrogens with zero attached hydrogens (tertiary/aromatic N) is 1. The first-order valence-corrected chi connectivity index (χ1v) is 5.70. The molecule has 0 spiro atoms. The molecule has 1 unspecified atom stereocenters. The van der Waals surface area contributed by atoms with Gasteiger partial charge in [0.2, 0.25) is 0 Å². The summed E-state index contributed by atoms with van der Waals surface area (Å²) in [5, 5.41) is 21.9. The molecule has 0 aliphatic rings. The number of fused-ring (bicyclic) bond motifs is 1. The zero-order valence-electron chi connectivity index (χ0n) is 10.1. The van der Waals surface area contributed by atoms with Crippen LogP contribution in [-0.2, 0) is 0 Å². The summed E-state index contributed by atoms with van der Waals surface area (Å²) < 4.78 is 5.14. The van der Waals surface area contributed by atoms with Crippen molar-refractivity contribution in [2.45, 2.75) is 6.10 Å². The highest BCUT2D eigenvalue weighted by Crippen LogP contribution is 2.20. The van der Waals surface area contributed by atoms with E-state index >= 15 is 0 Å². The highest BCUT2D eigenvalue weighted by molar-refractivity contribution is 5.81. The van der Waals surface area contributed by atoms with Crippen LogP contribution in [0.5, 0.6) is 5.75 Å². The summed E-state index contributed by atoms with van der Waals surface area (Å²) in [6, 6.07) is 9.39. The Morgan fingerprint density at radius 3 is 2.89 bits per heavy atom. The number of hydrogen-bond acceptors (Lipinski definition) is 5. The maximum atomic E-state index is 9.24. The van der Waals surface area contributed by atoms with E-state index in [2.05, 4.69) is 10.3 Å². The largest absolute Gasteiger partial charge is 0.497 e. The highest BCUT2D eigenvalue weighted by Gasteiger charge is 2.03. The Labute approximate surface area is 105 Å². The number of methoxy groups -OCH3 is 1. The molecule has 0 bridgehead atoms. The predicted octanol–water partition coefficient (Wildman–Crippen LogP) is 1.01. The number of benzene rings is 1. The number of rotatable bonds is 5. The van der Waals surface area contributed by atoms with E-state index in [1.807, 2.05) is 30.3 Å². The molecule has 1 aromatic carbocycles. The van der Waals surface area contributed by atoms with Crippen molar-refractivity contribution in [2.75, 3.05) is 25.6 Å². The monoisotopic (exact) mass is 248 g/mol. The van der Waals surface area contributed by atoms with Gasteiger partial charge in [-0.2, -0.15) is 0 Å². The number of aromatic nitrogens is 1. The van der Waals surface area contributed by atoms with Gasteiger partial charge in [-0.1, -0.05) is 0 Å². The Morgan fingerprint density at radius 1 is 1.33 bits per heavy atom. The minimum Gasteiger partial charge on any atom is -0.497 e. The molecule has 0 aliphatic heterocycles. The molecule has 5 nitrogen and oxygen atoms in total. The SMILES string of the molecule is COc1ccc2nc(NCC(O)CO)ccc2c1. The summed E-state index contributed by atoms with van der Waals surface area (Å²) in [7, 11) is 1.63. The quantitative estimate of drug-likeness (QED) is 0.736. The fraction of sp³-hybridized carbons (Fsp3) is 0.308. The van der Waals surface area contributed by atoms with Gasteiger partial charge in [-0.3, -0.25) is 0 Å². The molecule has 96 valence electrons. The first kappa shape index (κ1) is 12.6. The van der Waals surface area contributed by atoms with E-state index in [1.165, 1.54) is 0 Å². The Balaban J connectivity index is 2.17. The second-order valence-corrected chi connectivity index (χ2v) is 3.97. The van der Waals surface area contributed by atoms with E-state index in [0.717, 1.165) is 16.7 Å². The highest BCUT2D eigenvalue weighted by atomic mass is 16.5. The van der Waals surface area contributed by atoms with Crippen LogP contribution in [0.15, 0.2) is 30.3 Å². The molecule has 0 saturated heterocycles. The molecule has 5 heteroatoms. The molecule has 0 amide bonds. The van der Waals surface area contributed by atoms with Crippen LogP contribution in [0.2, 0.25) is 0 Å². The zero-order valence-corrected chi connectivity index (χ0v) is 10.1. The first-order chi connectivity index (χ1) is 8.72. The number of pyridine rings is 1. The van der Waals surface area contributed by atoms with Gasteiger partial charge in [-0.05, 0) is 30.3 Å². The van der Waals surface area contributed by atoms with Crippen molar-refractivity contribution in [1.82, 2.24) is 4.98 Å². The van der Waals surface area contributed by atoms with Crippen molar-refractivity contribution in [3.05, 3.63) is 30.3 Å². The van der Waals surface area contributed by atoms with Crippen LogP contribution in [0, 0.1) is 0 Å². The van der Waals surface area contributed by atoms with Crippen LogP contribution in [0.4, 0.5) is 5.82 Å². The molecule has 0 saturated carbocycles. The summed E-state index contributed by atoms with van der Waals surface area (Å²) in [6.45, 7) is 0.00292. The second kappa shape index (κ2) is 5.66. The summed E-state index contributed by atoms with van der Waals surface area (Å²) in [4.78, 5) is 4.40. The van der Waals surface area contributed by atoms with Gasteiger partial charge in [0.1, 0.15) is 11.6 Å². The van der Waals surface area contributed by atoms with Crippen LogP contribution < -0.4 is 10.1 Å². The lowest BCUT2D eigenvalue weighted by atomic mass is 10.2. The molecule has 0 fully saturated rings. The van der Waals surface area contributed by atoms with Gasteiger partial charge in [0, 0.05) is 11.9 Å². The average molecular weight is 248 g/mol. The fourth-order valence-corrected chi connectivity index (χ4v) is 1.62. The van der Waals surface area contributed by atoms with Gasteiger partial charge in [0.15, 0.2) is 0 Å². The van der Waals surface area contributed by atoms with Gasteiger partial charge in [0.25, 0.3) is 0 Å². The Hall–Kier alpha value is -1.85. The lowest BCUT2D eigenvalue weighted by Gasteiger charge is -2.10. The van der Waals surface area contributed by atoms with Gasteiger partial charge >= 0.3 is 0 Å². The van der Waals surface area contributed by atoms with Gasteiger partial charge in [-0.15, -0.1) is 0 Å².